The van der Waals surface area contributed by atoms with Crippen molar-refractivity contribution in [1.82, 2.24) is 9.97 Å². The number of anilines is 1. The summed E-state index contributed by atoms with van der Waals surface area (Å²) in [5.41, 5.74) is 6.16. The first-order valence-corrected chi connectivity index (χ1v) is 4.04. The van der Waals surface area contributed by atoms with Crippen LogP contribution in [-0.4, -0.2) is 9.97 Å². The largest absolute Gasteiger partial charge is 0.382 e. The molecule has 2 N–H and O–H groups in total. The zero-order chi connectivity index (χ0) is 7.56. The lowest BCUT2D eigenvalue weighted by molar-refractivity contribution is 1.09. The molecule has 0 bridgehead atoms. The second-order valence-corrected chi connectivity index (χ2v) is 2.81. The predicted octanol–water partition coefficient (Wildman–Crippen LogP) is 1.25. The van der Waals surface area contributed by atoms with Crippen molar-refractivity contribution in [3.63, 3.8) is 0 Å². The van der Waals surface area contributed by atoms with Crippen LogP contribution in [0.25, 0.3) is 0 Å². The van der Waals surface area contributed by atoms with Crippen molar-refractivity contribution in [2.45, 2.75) is 5.75 Å². The number of nitrogens with two attached hydrogens (primary N) is 1. The van der Waals surface area contributed by atoms with E-state index >= 15 is 0 Å². The predicted molar refractivity (Wildman–Crippen MR) is 46.8 cm³/mol. The van der Waals surface area contributed by atoms with Gasteiger partial charge in [-0.3, -0.25) is 0 Å². The fraction of sp³-hybridized carbons (Fsp3) is 0.200. The highest BCUT2D eigenvalue weighted by atomic mass is 79.9. The van der Waals surface area contributed by atoms with Gasteiger partial charge in [0.2, 0.25) is 0 Å². The minimum atomic E-state index is 0.443. The van der Waals surface area contributed by atoms with Gasteiger partial charge < -0.3 is 5.73 Å². The van der Waals surface area contributed by atoms with Gasteiger partial charge in [0.05, 0.1) is 11.9 Å². The Balaban J connectivity index is 3.09. The highest BCUT2D eigenvalue weighted by Gasteiger charge is 1.99. The van der Waals surface area contributed by atoms with E-state index in [0.717, 1.165) is 0 Å². The van der Waals surface area contributed by atoms with E-state index in [9.17, 15) is 0 Å². The first kappa shape index (κ1) is 7.81. The van der Waals surface area contributed by atoms with Crippen molar-refractivity contribution in [2.24, 2.45) is 0 Å². The Morgan fingerprint density at radius 2 is 2.40 bits per heavy atom. The molecule has 0 aliphatic carbocycles. The summed E-state index contributed by atoms with van der Waals surface area (Å²) in [7, 11) is 0. The van der Waals surface area contributed by atoms with Gasteiger partial charge in [0.25, 0.3) is 0 Å². The second kappa shape index (κ2) is 3.21. The van der Waals surface area contributed by atoms with Gasteiger partial charge in [-0.2, -0.15) is 12.6 Å². The molecule has 0 aromatic carbocycles. The summed E-state index contributed by atoms with van der Waals surface area (Å²) in [5.74, 6) is 0.955. The lowest BCUT2D eigenvalue weighted by Gasteiger charge is -1.98. The molecule has 0 radical (unpaired) electrons. The molecule has 5 heteroatoms. The number of hydrogen-bond acceptors (Lipinski definition) is 4. The van der Waals surface area contributed by atoms with Crippen LogP contribution in [0.3, 0.4) is 0 Å². The van der Waals surface area contributed by atoms with Crippen LogP contribution in [0, 0.1) is 0 Å². The third-order valence-corrected chi connectivity index (χ3v) is 1.68. The van der Waals surface area contributed by atoms with Gasteiger partial charge in [0, 0.05) is 5.75 Å². The molecule has 1 aromatic rings. The zero-order valence-corrected chi connectivity index (χ0v) is 7.56. The van der Waals surface area contributed by atoms with Crippen LogP contribution in [0.15, 0.2) is 10.8 Å². The molecule has 0 unspecified atom stereocenters. The molecule has 10 heavy (non-hydrogen) atoms. The van der Waals surface area contributed by atoms with Crippen LogP contribution in [0.2, 0.25) is 0 Å². The molecule has 1 rings (SSSR count). The number of nitrogen functional groups attached to an aromatic ring is 1. The van der Waals surface area contributed by atoms with Gasteiger partial charge in [-0.05, 0) is 15.9 Å². The third-order valence-electron chi connectivity index (χ3n) is 0.997. The van der Waals surface area contributed by atoms with Crippen molar-refractivity contribution in [3.8, 4) is 0 Å². The highest BCUT2D eigenvalue weighted by Crippen LogP contribution is 2.11. The summed E-state index contributed by atoms with van der Waals surface area (Å²) < 4.78 is 0.686. The Morgan fingerprint density at radius 1 is 1.70 bits per heavy atom. The lowest BCUT2D eigenvalue weighted by Crippen LogP contribution is -1.98. The molecular weight excluding hydrogens is 214 g/mol. The number of thiol groups is 1. The maximum Gasteiger partial charge on any atom is 0.146 e. The zero-order valence-electron chi connectivity index (χ0n) is 5.08. The Morgan fingerprint density at radius 3 is 2.90 bits per heavy atom. The summed E-state index contributed by atoms with van der Waals surface area (Å²) in [5, 5.41) is 0. The Labute approximate surface area is 72.6 Å². The summed E-state index contributed by atoms with van der Waals surface area (Å²) in [4.78, 5) is 7.91. The lowest BCUT2D eigenvalue weighted by atomic mass is 10.5. The number of rotatable bonds is 1. The monoisotopic (exact) mass is 219 g/mol. The topological polar surface area (TPSA) is 51.8 Å². The normalized spacial score (nSPS) is 9.80. The van der Waals surface area contributed by atoms with Crippen LogP contribution in [0.1, 0.15) is 5.69 Å². The first-order chi connectivity index (χ1) is 4.74. The van der Waals surface area contributed by atoms with Crippen molar-refractivity contribution < 1.29 is 0 Å². The Bertz CT molecular complexity index is 240. The highest BCUT2D eigenvalue weighted by molar-refractivity contribution is 9.10. The summed E-state index contributed by atoms with van der Waals surface area (Å²) >= 11 is 7.20. The molecule has 0 aliphatic rings. The molecule has 0 saturated carbocycles. The smallest absolute Gasteiger partial charge is 0.146 e. The van der Waals surface area contributed by atoms with E-state index in [1.165, 1.54) is 0 Å². The first-order valence-electron chi connectivity index (χ1n) is 2.62. The van der Waals surface area contributed by atoms with Crippen molar-refractivity contribution in [3.05, 3.63) is 16.5 Å². The number of aromatic nitrogens is 2. The molecule has 0 saturated heterocycles. The van der Waals surface area contributed by atoms with Crippen LogP contribution in [0.5, 0.6) is 0 Å². The van der Waals surface area contributed by atoms with E-state index in [2.05, 4.69) is 38.5 Å². The maximum atomic E-state index is 5.46. The average molecular weight is 220 g/mol. The molecule has 0 amide bonds. The molecule has 1 aromatic heterocycles. The van der Waals surface area contributed by atoms with Gasteiger partial charge in [-0.15, -0.1) is 0 Å². The molecule has 0 fully saturated rings. The molecule has 3 nitrogen and oxygen atoms in total. The van der Waals surface area contributed by atoms with E-state index in [4.69, 9.17) is 5.73 Å². The Hall–Kier alpha value is -0.290. The quantitative estimate of drug-likeness (QED) is 0.700. The fourth-order valence-electron chi connectivity index (χ4n) is 0.529. The summed E-state index contributed by atoms with van der Waals surface area (Å²) in [6.07, 6.45) is 1.56. The third kappa shape index (κ3) is 1.60. The van der Waals surface area contributed by atoms with Crippen molar-refractivity contribution in [2.75, 3.05) is 5.73 Å². The van der Waals surface area contributed by atoms with Gasteiger partial charge >= 0.3 is 0 Å². The van der Waals surface area contributed by atoms with Crippen molar-refractivity contribution in [1.29, 1.82) is 0 Å². The SMILES string of the molecule is Nc1ncc(Br)nc1CS. The van der Waals surface area contributed by atoms with E-state index in [0.29, 0.717) is 21.9 Å². The minimum absolute atomic E-state index is 0.443. The van der Waals surface area contributed by atoms with E-state index < -0.39 is 0 Å². The number of halogens is 1. The number of hydrogen-bond donors (Lipinski definition) is 2. The molecular formula is C5H6BrN3S. The van der Waals surface area contributed by atoms with Crippen LogP contribution in [-0.2, 0) is 5.75 Å². The molecule has 1 heterocycles. The number of nitrogens with zero attached hydrogens (tertiary/aromatic N) is 2. The van der Waals surface area contributed by atoms with E-state index in [-0.39, 0.29) is 0 Å². The van der Waals surface area contributed by atoms with Crippen LogP contribution < -0.4 is 5.73 Å². The summed E-state index contributed by atoms with van der Waals surface area (Å²) in [6.45, 7) is 0. The fourth-order valence-corrected chi connectivity index (χ4v) is 1.08. The van der Waals surface area contributed by atoms with Gasteiger partial charge in [-0.25, -0.2) is 9.97 Å². The molecule has 0 spiro atoms. The van der Waals surface area contributed by atoms with E-state index in [1.807, 2.05) is 0 Å². The van der Waals surface area contributed by atoms with Crippen LogP contribution >= 0.6 is 28.6 Å². The average Bonchev–Trinajstić information content (AvgIpc) is 1.94. The van der Waals surface area contributed by atoms with Gasteiger partial charge in [-0.1, -0.05) is 0 Å². The molecule has 54 valence electrons. The minimum Gasteiger partial charge on any atom is -0.382 e. The van der Waals surface area contributed by atoms with E-state index in [1.54, 1.807) is 6.20 Å². The van der Waals surface area contributed by atoms with Crippen molar-refractivity contribution >= 4 is 34.4 Å². The molecule has 0 atom stereocenters. The summed E-state index contributed by atoms with van der Waals surface area (Å²) in [6, 6.07) is 0. The maximum absolute atomic E-state index is 5.46. The van der Waals surface area contributed by atoms with Gasteiger partial charge in [0.15, 0.2) is 0 Å². The Kier molecular flexibility index (Phi) is 2.50. The standard InChI is InChI=1S/C5H6BrN3S/c6-4-1-8-5(7)3(2-10)9-4/h1,10H,2H2,(H2,7,8). The second-order valence-electron chi connectivity index (χ2n) is 1.68. The van der Waals surface area contributed by atoms with Gasteiger partial charge in [0.1, 0.15) is 10.4 Å². The van der Waals surface area contributed by atoms with Crippen LogP contribution in [0.4, 0.5) is 5.82 Å². The molecule has 0 aliphatic heterocycles.